The number of benzene rings is 1. The van der Waals surface area contributed by atoms with E-state index in [9.17, 15) is 23.2 Å². The first-order chi connectivity index (χ1) is 17.7. The monoisotopic (exact) mass is 533 g/mol. The molecule has 0 aliphatic carbocycles. The molecule has 0 spiro atoms. The second-order valence-electron chi connectivity index (χ2n) is 8.83. The number of morpholine rings is 1. The molecule has 0 unspecified atom stereocenters. The van der Waals surface area contributed by atoms with Gasteiger partial charge >= 0.3 is 5.69 Å². The van der Waals surface area contributed by atoms with E-state index in [0.717, 1.165) is 41.6 Å². The highest BCUT2D eigenvalue weighted by molar-refractivity contribution is 7.22. The third kappa shape index (κ3) is 4.79. The summed E-state index contributed by atoms with van der Waals surface area (Å²) in [5, 5.41) is 0.233. The van der Waals surface area contributed by atoms with Crippen LogP contribution in [0.5, 0.6) is 0 Å². The van der Waals surface area contributed by atoms with E-state index in [1.165, 1.54) is 40.5 Å². The number of carbonyl (C=O) groups is 1. The summed E-state index contributed by atoms with van der Waals surface area (Å²) in [5.41, 5.74) is -0.826. The Bertz CT molecular complexity index is 1600. The molecule has 0 bridgehead atoms. The van der Waals surface area contributed by atoms with Crippen molar-refractivity contribution >= 4 is 43.8 Å². The number of amides is 1. The minimum absolute atomic E-state index is 0.00988. The SMILES string of the molecule is Cn1c(=O)c2c(ncn2CC(=O)N(CCCN2CCOCC2)c2nc3c(F)cc(F)cc3s2)n(C)c1=O. The van der Waals surface area contributed by atoms with Gasteiger partial charge in [0.15, 0.2) is 22.1 Å². The van der Waals surface area contributed by atoms with Crippen molar-refractivity contribution in [1.29, 1.82) is 0 Å². The molecular formula is C23H25F2N7O4S. The lowest BCUT2D eigenvalue weighted by Crippen LogP contribution is -2.40. The molecule has 1 aliphatic heterocycles. The number of carbonyl (C=O) groups excluding carboxylic acids is 1. The fourth-order valence-electron chi connectivity index (χ4n) is 4.41. The highest BCUT2D eigenvalue weighted by Crippen LogP contribution is 2.31. The second kappa shape index (κ2) is 10.1. The number of hydrogen-bond acceptors (Lipinski definition) is 8. The molecule has 0 radical (unpaired) electrons. The molecule has 1 aromatic carbocycles. The molecular weight excluding hydrogens is 508 g/mol. The molecule has 3 aromatic heterocycles. The predicted molar refractivity (Wildman–Crippen MR) is 134 cm³/mol. The van der Waals surface area contributed by atoms with Crippen LogP contribution in [0.1, 0.15) is 6.42 Å². The van der Waals surface area contributed by atoms with Gasteiger partial charge in [-0.3, -0.25) is 28.5 Å². The molecule has 1 aliphatic rings. The van der Waals surface area contributed by atoms with Gasteiger partial charge in [0.05, 0.1) is 24.2 Å². The third-order valence-corrected chi connectivity index (χ3v) is 7.44. The zero-order valence-corrected chi connectivity index (χ0v) is 21.1. The van der Waals surface area contributed by atoms with Gasteiger partial charge in [0.25, 0.3) is 5.56 Å². The number of fused-ring (bicyclic) bond motifs is 2. The van der Waals surface area contributed by atoms with Crippen molar-refractivity contribution in [2.75, 3.05) is 44.3 Å². The Morgan fingerprint density at radius 1 is 1.16 bits per heavy atom. The van der Waals surface area contributed by atoms with E-state index >= 15 is 0 Å². The third-order valence-electron chi connectivity index (χ3n) is 6.42. The van der Waals surface area contributed by atoms with E-state index in [4.69, 9.17) is 4.74 Å². The lowest BCUT2D eigenvalue weighted by Gasteiger charge is -2.27. The predicted octanol–water partition coefficient (Wildman–Crippen LogP) is 1.08. The molecule has 11 nitrogen and oxygen atoms in total. The van der Waals surface area contributed by atoms with Gasteiger partial charge in [-0.05, 0) is 12.5 Å². The Morgan fingerprint density at radius 3 is 2.68 bits per heavy atom. The van der Waals surface area contributed by atoms with E-state index in [2.05, 4.69) is 14.9 Å². The maximum Gasteiger partial charge on any atom is 0.332 e. The summed E-state index contributed by atoms with van der Waals surface area (Å²) in [6.07, 6.45) is 1.95. The maximum atomic E-state index is 14.4. The van der Waals surface area contributed by atoms with Crippen molar-refractivity contribution in [2.24, 2.45) is 14.1 Å². The summed E-state index contributed by atoms with van der Waals surface area (Å²) in [5.74, 6) is -1.93. The first-order valence-corrected chi connectivity index (χ1v) is 12.5. The molecule has 4 aromatic rings. The van der Waals surface area contributed by atoms with Crippen LogP contribution < -0.4 is 16.1 Å². The van der Waals surface area contributed by atoms with Gasteiger partial charge in [-0.2, -0.15) is 0 Å². The van der Waals surface area contributed by atoms with E-state index in [0.29, 0.717) is 19.6 Å². The van der Waals surface area contributed by atoms with Crippen LogP contribution in [0, 0.1) is 11.6 Å². The van der Waals surface area contributed by atoms with Crippen molar-refractivity contribution in [3.8, 4) is 0 Å². The average molecular weight is 534 g/mol. The molecule has 5 rings (SSSR count). The molecule has 0 atom stereocenters. The Balaban J connectivity index is 1.46. The average Bonchev–Trinajstić information content (AvgIpc) is 3.49. The zero-order chi connectivity index (χ0) is 26.3. The number of thiazole rings is 1. The molecule has 4 heterocycles. The van der Waals surface area contributed by atoms with Gasteiger partial charge in [-0.15, -0.1) is 0 Å². The molecule has 0 N–H and O–H groups in total. The van der Waals surface area contributed by atoms with Crippen molar-refractivity contribution in [3.63, 3.8) is 0 Å². The van der Waals surface area contributed by atoms with Gasteiger partial charge in [0, 0.05) is 46.3 Å². The topological polar surface area (TPSA) is 107 Å². The standard InChI is InChI=1S/C23H25F2N7O4S/c1-28-20-19(21(34)29(2)23(28)35)31(13-26-20)12-17(33)32(5-3-4-30-6-8-36-9-7-30)22-27-18-15(25)10-14(24)11-16(18)37-22/h10-11,13H,3-9,12H2,1-2H3. The van der Waals surface area contributed by atoms with Crippen LogP contribution in [0.4, 0.5) is 13.9 Å². The molecule has 1 fully saturated rings. The first kappa shape index (κ1) is 25.2. The summed E-state index contributed by atoms with van der Waals surface area (Å²) in [6.45, 7) is 3.63. The summed E-state index contributed by atoms with van der Waals surface area (Å²) < 4.78 is 37.4. The number of nitrogens with zero attached hydrogens (tertiary/aromatic N) is 7. The number of rotatable bonds is 7. The Morgan fingerprint density at radius 2 is 1.92 bits per heavy atom. The number of ether oxygens (including phenoxy) is 1. The minimum atomic E-state index is -0.803. The van der Waals surface area contributed by atoms with Gasteiger partial charge in [0.2, 0.25) is 5.91 Å². The van der Waals surface area contributed by atoms with Crippen LogP contribution in [-0.4, -0.2) is 73.9 Å². The number of imidazole rings is 1. The van der Waals surface area contributed by atoms with Gasteiger partial charge in [0.1, 0.15) is 17.9 Å². The number of halogens is 2. The van der Waals surface area contributed by atoms with Crippen LogP contribution in [0.15, 0.2) is 28.0 Å². The highest BCUT2D eigenvalue weighted by Gasteiger charge is 2.24. The molecule has 196 valence electrons. The van der Waals surface area contributed by atoms with Crippen molar-refractivity contribution in [1.82, 2.24) is 28.6 Å². The van der Waals surface area contributed by atoms with Crippen LogP contribution in [-0.2, 0) is 30.2 Å². The number of aromatic nitrogens is 5. The lowest BCUT2D eigenvalue weighted by molar-refractivity contribution is -0.119. The number of hydrogen-bond donors (Lipinski definition) is 0. The van der Waals surface area contributed by atoms with Crippen molar-refractivity contribution in [2.45, 2.75) is 13.0 Å². The fraction of sp³-hybridized carbons (Fsp3) is 0.435. The molecule has 1 saturated heterocycles. The van der Waals surface area contributed by atoms with Crippen molar-refractivity contribution in [3.05, 3.63) is 50.9 Å². The summed E-state index contributed by atoms with van der Waals surface area (Å²) in [6, 6.07) is 1.94. The zero-order valence-electron chi connectivity index (χ0n) is 20.3. The number of anilines is 1. The summed E-state index contributed by atoms with van der Waals surface area (Å²) >= 11 is 1.02. The van der Waals surface area contributed by atoms with Crippen LogP contribution >= 0.6 is 11.3 Å². The van der Waals surface area contributed by atoms with Crippen LogP contribution in [0.2, 0.25) is 0 Å². The molecule has 1 amide bonds. The Labute approximate surface area is 213 Å². The van der Waals surface area contributed by atoms with Crippen molar-refractivity contribution < 1.29 is 18.3 Å². The van der Waals surface area contributed by atoms with E-state index in [-0.39, 0.29) is 39.6 Å². The van der Waals surface area contributed by atoms with E-state index < -0.39 is 28.8 Å². The summed E-state index contributed by atoms with van der Waals surface area (Å²) in [7, 11) is 2.85. The quantitative estimate of drug-likeness (QED) is 0.350. The maximum absolute atomic E-state index is 14.4. The van der Waals surface area contributed by atoms with Gasteiger partial charge in [-0.25, -0.2) is 23.5 Å². The minimum Gasteiger partial charge on any atom is -0.379 e. The second-order valence-corrected chi connectivity index (χ2v) is 9.84. The molecule has 14 heteroatoms. The first-order valence-electron chi connectivity index (χ1n) is 11.7. The normalized spacial score (nSPS) is 14.6. The van der Waals surface area contributed by atoms with Crippen LogP contribution in [0.3, 0.4) is 0 Å². The largest absolute Gasteiger partial charge is 0.379 e. The fourth-order valence-corrected chi connectivity index (χ4v) is 5.46. The van der Waals surface area contributed by atoms with Crippen LogP contribution in [0.25, 0.3) is 21.4 Å². The van der Waals surface area contributed by atoms with Gasteiger partial charge < -0.3 is 9.30 Å². The Hall–Kier alpha value is -3.49. The summed E-state index contributed by atoms with van der Waals surface area (Å²) in [4.78, 5) is 50.7. The molecule has 37 heavy (non-hydrogen) atoms. The smallest absolute Gasteiger partial charge is 0.332 e. The van der Waals surface area contributed by atoms with E-state index in [1.54, 1.807) is 0 Å². The lowest BCUT2D eigenvalue weighted by atomic mass is 10.3. The highest BCUT2D eigenvalue weighted by atomic mass is 32.1. The van der Waals surface area contributed by atoms with Gasteiger partial charge in [-0.1, -0.05) is 11.3 Å². The Kier molecular flexibility index (Phi) is 6.88. The van der Waals surface area contributed by atoms with E-state index in [1.807, 2.05) is 0 Å². The number of aryl methyl sites for hydroxylation is 1. The molecule has 0 saturated carbocycles.